The van der Waals surface area contributed by atoms with Gasteiger partial charge in [-0.2, -0.15) is 0 Å². The molecule has 0 spiro atoms. The van der Waals surface area contributed by atoms with Crippen LogP contribution in [0.15, 0.2) is 59.2 Å². The summed E-state index contributed by atoms with van der Waals surface area (Å²) in [5.41, 5.74) is 1.61. The molecule has 0 saturated heterocycles. The highest BCUT2D eigenvalue weighted by molar-refractivity contribution is 6.24. The van der Waals surface area contributed by atoms with Gasteiger partial charge in [0.2, 0.25) is 5.78 Å². The molecule has 1 atom stereocenters. The Morgan fingerprint density at radius 3 is 2.34 bits per heavy atom. The third-order valence-electron chi connectivity index (χ3n) is 5.26. The molecule has 1 aliphatic rings. The van der Waals surface area contributed by atoms with Crippen molar-refractivity contribution in [2.45, 2.75) is 19.9 Å². The van der Waals surface area contributed by atoms with E-state index in [1.165, 1.54) is 16.8 Å². The van der Waals surface area contributed by atoms with Gasteiger partial charge in [0, 0.05) is 28.1 Å². The van der Waals surface area contributed by atoms with E-state index in [0.29, 0.717) is 16.5 Å². The van der Waals surface area contributed by atoms with Gasteiger partial charge >= 0.3 is 5.97 Å². The zero-order valence-electron chi connectivity index (χ0n) is 15.9. The van der Waals surface area contributed by atoms with Crippen LogP contribution in [0.3, 0.4) is 0 Å². The average molecular weight is 389 g/mol. The minimum absolute atomic E-state index is 0.251. The third-order valence-corrected chi connectivity index (χ3v) is 5.26. The molecule has 3 aromatic rings. The number of carboxylic acids is 1. The van der Waals surface area contributed by atoms with Crippen LogP contribution in [0.25, 0.3) is 28.0 Å². The summed E-state index contributed by atoms with van der Waals surface area (Å²) >= 11 is 0. The molecule has 1 aromatic heterocycles. The lowest BCUT2D eigenvalue weighted by atomic mass is 9.86. The number of hydrogen-bond donors (Lipinski definition) is 2. The molecule has 0 bridgehead atoms. The fraction of sp³-hybridized carbons (Fsp3) is 0.174. The number of aliphatic carboxylic acids is 1. The van der Waals surface area contributed by atoms with Gasteiger partial charge in [-0.3, -0.25) is 14.2 Å². The summed E-state index contributed by atoms with van der Waals surface area (Å²) in [6.45, 7) is 3.45. The van der Waals surface area contributed by atoms with Crippen molar-refractivity contribution in [2.24, 2.45) is 5.92 Å². The van der Waals surface area contributed by atoms with Gasteiger partial charge in [0.1, 0.15) is 6.04 Å². The Balaban J connectivity index is 2.11. The van der Waals surface area contributed by atoms with E-state index in [-0.39, 0.29) is 16.9 Å². The normalized spacial score (nSPS) is 14.2. The number of Topliss-reactive ketones (excluding diaryl/α,β-unsaturated/α-hetero) is 1. The highest BCUT2D eigenvalue weighted by Crippen LogP contribution is 2.36. The van der Waals surface area contributed by atoms with Crippen LogP contribution in [0, 0.1) is 5.92 Å². The minimum atomic E-state index is -1.12. The van der Waals surface area contributed by atoms with E-state index in [1.54, 1.807) is 26.0 Å². The molecule has 4 rings (SSSR count). The Hall–Kier alpha value is -3.67. The number of carbonyl (C=O) groups is 2. The molecule has 0 radical (unpaired) electrons. The lowest BCUT2D eigenvalue weighted by Crippen LogP contribution is -2.33. The molecule has 6 nitrogen and oxygen atoms in total. The van der Waals surface area contributed by atoms with Crippen molar-refractivity contribution in [3.05, 3.63) is 75.9 Å². The van der Waals surface area contributed by atoms with Crippen LogP contribution in [0.5, 0.6) is 0 Å². The van der Waals surface area contributed by atoms with Crippen LogP contribution in [0.2, 0.25) is 0 Å². The number of aliphatic hydroxyl groups excluding tert-OH is 1. The largest absolute Gasteiger partial charge is 0.504 e. The molecule has 1 unspecified atom stereocenters. The number of rotatable bonds is 4. The number of aliphatic hydroxyl groups is 1. The van der Waals surface area contributed by atoms with Crippen LogP contribution >= 0.6 is 0 Å². The van der Waals surface area contributed by atoms with Gasteiger partial charge in [0.25, 0.3) is 5.56 Å². The average Bonchev–Trinajstić information content (AvgIpc) is 2.69. The van der Waals surface area contributed by atoms with Crippen LogP contribution in [0.1, 0.15) is 35.8 Å². The van der Waals surface area contributed by atoms with Crippen molar-refractivity contribution in [3.8, 4) is 11.1 Å². The molecule has 0 fully saturated rings. The van der Waals surface area contributed by atoms with Gasteiger partial charge in [-0.25, -0.2) is 4.79 Å². The molecule has 2 N–H and O–H groups in total. The van der Waals surface area contributed by atoms with E-state index in [2.05, 4.69) is 0 Å². The number of nitrogens with zero attached hydrogens (tertiary/aromatic N) is 1. The van der Waals surface area contributed by atoms with Gasteiger partial charge in [-0.1, -0.05) is 50.2 Å². The monoisotopic (exact) mass is 389 g/mol. The quantitative estimate of drug-likeness (QED) is 0.702. The molecule has 1 aliphatic carbocycles. The third kappa shape index (κ3) is 2.84. The topological polar surface area (TPSA) is 96.6 Å². The molecule has 29 heavy (non-hydrogen) atoms. The first kappa shape index (κ1) is 18.7. The summed E-state index contributed by atoms with van der Waals surface area (Å²) in [5.74, 6) is -2.45. The van der Waals surface area contributed by atoms with E-state index >= 15 is 0 Å². The van der Waals surface area contributed by atoms with Crippen molar-refractivity contribution < 1.29 is 19.8 Å². The van der Waals surface area contributed by atoms with Gasteiger partial charge in [0.05, 0.1) is 0 Å². The van der Waals surface area contributed by atoms with Crippen molar-refractivity contribution >= 4 is 28.6 Å². The Labute approximate surface area is 166 Å². The number of aromatic nitrogens is 1. The van der Waals surface area contributed by atoms with Gasteiger partial charge in [0.15, 0.2) is 5.76 Å². The van der Waals surface area contributed by atoms with Crippen molar-refractivity contribution in [1.29, 1.82) is 0 Å². The maximum atomic E-state index is 13.2. The van der Waals surface area contributed by atoms with Crippen molar-refractivity contribution in [1.82, 2.24) is 4.57 Å². The van der Waals surface area contributed by atoms with Gasteiger partial charge in [-0.15, -0.1) is 0 Å². The molecular formula is C23H19NO5. The maximum Gasteiger partial charge on any atom is 0.327 e. The number of allylic oxidation sites excluding steroid dienone is 1. The van der Waals surface area contributed by atoms with E-state index < -0.39 is 29.1 Å². The molecule has 1 heterocycles. The predicted octanol–water partition coefficient (Wildman–Crippen LogP) is 4.05. The first-order valence-electron chi connectivity index (χ1n) is 9.26. The van der Waals surface area contributed by atoms with Crippen LogP contribution in [-0.4, -0.2) is 26.5 Å². The van der Waals surface area contributed by atoms with Crippen molar-refractivity contribution in [3.63, 3.8) is 0 Å². The number of benzene rings is 2. The molecular weight excluding hydrogens is 370 g/mol. The Kier molecular flexibility index (Phi) is 4.34. The fourth-order valence-corrected chi connectivity index (χ4v) is 3.97. The summed E-state index contributed by atoms with van der Waals surface area (Å²) in [5, 5.41) is 20.6. The summed E-state index contributed by atoms with van der Waals surface area (Å²) < 4.78 is 1.18. The maximum absolute atomic E-state index is 13.2. The second-order valence-corrected chi connectivity index (χ2v) is 7.46. The van der Waals surface area contributed by atoms with Crippen LogP contribution < -0.4 is 5.56 Å². The molecule has 0 saturated carbocycles. The van der Waals surface area contributed by atoms with Crippen LogP contribution in [-0.2, 0) is 4.79 Å². The zero-order chi connectivity index (χ0) is 20.9. The number of carboxylic acid groups (broad SMARTS) is 1. The lowest BCUT2D eigenvalue weighted by Gasteiger charge is -2.23. The molecule has 146 valence electrons. The molecule has 6 heteroatoms. The second kappa shape index (κ2) is 6.74. The minimum Gasteiger partial charge on any atom is -0.504 e. The summed E-state index contributed by atoms with van der Waals surface area (Å²) in [6, 6.07) is 11.5. The van der Waals surface area contributed by atoms with Gasteiger partial charge < -0.3 is 10.2 Å². The lowest BCUT2D eigenvalue weighted by molar-refractivity contribution is -0.142. The second-order valence-electron chi connectivity index (χ2n) is 7.46. The highest BCUT2D eigenvalue weighted by atomic mass is 16.4. The Morgan fingerprint density at radius 1 is 1.03 bits per heavy atom. The molecule has 0 aliphatic heterocycles. The summed E-state index contributed by atoms with van der Waals surface area (Å²) in [4.78, 5) is 37.8. The highest BCUT2D eigenvalue weighted by Gasteiger charge is 2.30. The number of carbonyl (C=O) groups excluding carboxylic acids is 1. The van der Waals surface area contributed by atoms with E-state index in [1.807, 2.05) is 30.3 Å². The standard InChI is InChI=1S/C23H19NO5/c1-12(2)20(23(28)29)24-11-14-10-17(25)21(26)19-15(13-6-4-3-5-7-13)8-9-16(18(14)19)22(24)27/h3-12,20,25H,1-2H3,(H,28,29). The Morgan fingerprint density at radius 2 is 1.72 bits per heavy atom. The zero-order valence-corrected chi connectivity index (χ0v) is 15.9. The van der Waals surface area contributed by atoms with E-state index in [9.17, 15) is 24.6 Å². The first-order chi connectivity index (χ1) is 13.8. The van der Waals surface area contributed by atoms with Crippen LogP contribution in [0.4, 0.5) is 0 Å². The summed E-state index contributed by atoms with van der Waals surface area (Å²) in [6.07, 6.45) is 2.71. The molecule has 2 aromatic carbocycles. The number of hydrogen-bond acceptors (Lipinski definition) is 4. The fourth-order valence-electron chi connectivity index (χ4n) is 3.97. The smallest absolute Gasteiger partial charge is 0.327 e. The molecule has 0 amide bonds. The summed E-state index contributed by atoms with van der Waals surface area (Å²) in [7, 11) is 0. The number of ketones is 1. The van der Waals surface area contributed by atoms with Crippen molar-refractivity contribution in [2.75, 3.05) is 0 Å². The number of pyridine rings is 1. The SMILES string of the molecule is CC(C)C(C(=O)O)n1cc2c3c(c(-c4ccccc4)ccc3c1=O)C(=O)C(O)=C2. The van der Waals surface area contributed by atoms with E-state index in [0.717, 1.165) is 5.56 Å². The Bertz CT molecular complexity index is 1250. The predicted molar refractivity (Wildman–Crippen MR) is 110 cm³/mol. The first-order valence-corrected chi connectivity index (χ1v) is 9.26. The van der Waals surface area contributed by atoms with E-state index in [4.69, 9.17) is 0 Å². The van der Waals surface area contributed by atoms with Gasteiger partial charge in [-0.05, 0) is 29.2 Å².